The second-order valence-corrected chi connectivity index (χ2v) is 8.30. The summed E-state index contributed by atoms with van der Waals surface area (Å²) in [6, 6.07) is 17.1. The van der Waals surface area contributed by atoms with Crippen molar-refractivity contribution in [2.75, 3.05) is 5.32 Å². The molecule has 0 fully saturated rings. The predicted molar refractivity (Wildman–Crippen MR) is 106 cm³/mol. The predicted octanol–water partition coefficient (Wildman–Crippen LogP) is 3.61. The van der Waals surface area contributed by atoms with Gasteiger partial charge >= 0.3 is 5.63 Å². The minimum absolute atomic E-state index is 0.0794. The number of sulfone groups is 1. The first kappa shape index (κ1) is 18.7. The lowest BCUT2D eigenvalue weighted by molar-refractivity contribution is 0.0996. The molecule has 0 saturated heterocycles. The van der Waals surface area contributed by atoms with Crippen molar-refractivity contribution < 1.29 is 22.0 Å². The van der Waals surface area contributed by atoms with Crippen LogP contribution in [0, 0.1) is 0 Å². The molecule has 2 aromatic heterocycles. The first-order valence-electron chi connectivity index (χ1n) is 8.62. The molecule has 7 nitrogen and oxygen atoms in total. The number of hydrogen-bond acceptors (Lipinski definition) is 6. The van der Waals surface area contributed by atoms with Gasteiger partial charge in [0.1, 0.15) is 5.58 Å². The van der Waals surface area contributed by atoms with Gasteiger partial charge in [-0.3, -0.25) is 4.79 Å². The number of carbonyl (C=O) groups excluding carboxylic acids is 1. The number of carbonyl (C=O) groups is 1. The fourth-order valence-electron chi connectivity index (χ4n) is 2.90. The SMILES string of the molecule is O=C(Nc1ccc2oc(=O)ccc2c1)c1occc1CS(=O)(=O)c1ccccc1. The lowest BCUT2D eigenvalue weighted by Gasteiger charge is -2.07. The van der Waals surface area contributed by atoms with E-state index in [9.17, 15) is 18.0 Å². The molecule has 1 amide bonds. The van der Waals surface area contributed by atoms with Crippen LogP contribution in [-0.4, -0.2) is 14.3 Å². The van der Waals surface area contributed by atoms with Crippen molar-refractivity contribution >= 4 is 32.4 Å². The van der Waals surface area contributed by atoms with Crippen LogP contribution in [0.2, 0.25) is 0 Å². The summed E-state index contributed by atoms with van der Waals surface area (Å²) in [6.45, 7) is 0. The first-order chi connectivity index (χ1) is 13.9. The van der Waals surface area contributed by atoms with Crippen LogP contribution >= 0.6 is 0 Å². The molecule has 0 spiro atoms. The van der Waals surface area contributed by atoms with Crippen molar-refractivity contribution in [1.82, 2.24) is 0 Å². The molecular weight excluding hydrogens is 394 g/mol. The van der Waals surface area contributed by atoms with Gasteiger partial charge in [-0.25, -0.2) is 13.2 Å². The van der Waals surface area contributed by atoms with Gasteiger partial charge in [-0.2, -0.15) is 0 Å². The maximum atomic E-state index is 12.6. The van der Waals surface area contributed by atoms with Crippen molar-refractivity contribution in [2.45, 2.75) is 10.6 Å². The molecule has 2 heterocycles. The van der Waals surface area contributed by atoms with E-state index in [1.54, 1.807) is 42.5 Å². The molecule has 0 radical (unpaired) electrons. The topological polar surface area (TPSA) is 107 Å². The van der Waals surface area contributed by atoms with Crippen LogP contribution in [0.4, 0.5) is 5.69 Å². The summed E-state index contributed by atoms with van der Waals surface area (Å²) in [6.07, 6.45) is 1.28. The van der Waals surface area contributed by atoms with E-state index in [1.807, 2.05) is 0 Å². The highest BCUT2D eigenvalue weighted by atomic mass is 32.2. The maximum Gasteiger partial charge on any atom is 0.336 e. The third-order valence-electron chi connectivity index (χ3n) is 4.28. The molecule has 0 saturated carbocycles. The largest absolute Gasteiger partial charge is 0.459 e. The van der Waals surface area contributed by atoms with Crippen molar-refractivity contribution in [3.8, 4) is 0 Å². The number of rotatable bonds is 5. The van der Waals surface area contributed by atoms with Crippen LogP contribution in [0.1, 0.15) is 16.1 Å². The molecular formula is C21H15NO6S. The Labute approximate surface area is 165 Å². The Hall–Kier alpha value is -3.65. The number of fused-ring (bicyclic) bond motifs is 1. The monoisotopic (exact) mass is 409 g/mol. The Morgan fingerprint density at radius 2 is 1.76 bits per heavy atom. The van der Waals surface area contributed by atoms with Crippen LogP contribution in [0.3, 0.4) is 0 Å². The lowest BCUT2D eigenvalue weighted by atomic mass is 10.2. The van der Waals surface area contributed by atoms with Gasteiger partial charge in [0.25, 0.3) is 5.91 Å². The van der Waals surface area contributed by atoms with Crippen LogP contribution in [-0.2, 0) is 15.6 Å². The zero-order valence-corrected chi connectivity index (χ0v) is 15.8. The summed E-state index contributed by atoms with van der Waals surface area (Å²) in [7, 11) is -3.63. The van der Waals surface area contributed by atoms with Gasteiger partial charge in [0.05, 0.1) is 16.9 Å². The molecule has 146 valence electrons. The third kappa shape index (κ3) is 3.97. The molecule has 0 atom stereocenters. The Morgan fingerprint density at radius 3 is 2.55 bits per heavy atom. The highest BCUT2D eigenvalue weighted by Crippen LogP contribution is 2.22. The second-order valence-electron chi connectivity index (χ2n) is 6.31. The number of anilines is 1. The number of nitrogens with one attached hydrogen (secondary N) is 1. The number of benzene rings is 2. The molecule has 1 N–H and O–H groups in total. The van der Waals surface area contributed by atoms with Gasteiger partial charge < -0.3 is 14.2 Å². The summed E-state index contributed by atoms with van der Waals surface area (Å²) in [5.74, 6) is -1.02. The average Bonchev–Trinajstić information content (AvgIpc) is 3.16. The van der Waals surface area contributed by atoms with E-state index in [1.165, 1.54) is 30.5 Å². The fourth-order valence-corrected chi connectivity index (χ4v) is 4.28. The second kappa shape index (κ2) is 7.40. The molecule has 4 aromatic rings. The van der Waals surface area contributed by atoms with Crippen molar-refractivity contribution in [1.29, 1.82) is 0 Å². The van der Waals surface area contributed by atoms with Crippen LogP contribution in [0.25, 0.3) is 11.0 Å². The summed E-state index contributed by atoms with van der Waals surface area (Å²) >= 11 is 0. The standard InChI is InChI=1S/C21H15NO6S/c23-19-9-6-14-12-16(7-8-18(14)28-19)22-21(24)20-15(10-11-27-20)13-29(25,26)17-4-2-1-3-5-17/h1-12H,13H2,(H,22,24). The van der Waals surface area contributed by atoms with E-state index >= 15 is 0 Å². The smallest absolute Gasteiger partial charge is 0.336 e. The first-order valence-corrected chi connectivity index (χ1v) is 10.3. The molecule has 0 unspecified atom stereocenters. The molecule has 0 aliphatic rings. The van der Waals surface area contributed by atoms with E-state index in [0.29, 0.717) is 16.7 Å². The summed E-state index contributed by atoms with van der Waals surface area (Å²) < 4.78 is 35.5. The van der Waals surface area contributed by atoms with E-state index in [4.69, 9.17) is 8.83 Å². The van der Waals surface area contributed by atoms with Crippen LogP contribution in [0.15, 0.2) is 91.5 Å². The highest BCUT2D eigenvalue weighted by Gasteiger charge is 2.22. The van der Waals surface area contributed by atoms with E-state index in [-0.39, 0.29) is 22.0 Å². The minimum Gasteiger partial charge on any atom is -0.459 e. The molecule has 29 heavy (non-hydrogen) atoms. The van der Waals surface area contributed by atoms with E-state index in [2.05, 4.69) is 5.32 Å². The molecule has 0 aliphatic heterocycles. The molecule has 8 heteroatoms. The van der Waals surface area contributed by atoms with Crippen LogP contribution in [0.5, 0.6) is 0 Å². The molecule has 2 aromatic carbocycles. The average molecular weight is 409 g/mol. The van der Waals surface area contributed by atoms with Gasteiger partial charge in [0.2, 0.25) is 0 Å². The summed E-state index contributed by atoms with van der Waals surface area (Å²) in [5, 5.41) is 3.30. The van der Waals surface area contributed by atoms with Crippen molar-refractivity contribution in [3.63, 3.8) is 0 Å². The number of hydrogen-bond donors (Lipinski definition) is 1. The minimum atomic E-state index is -3.63. The quantitative estimate of drug-likeness (QED) is 0.505. The van der Waals surface area contributed by atoms with Crippen molar-refractivity contribution in [3.05, 3.63) is 94.7 Å². The fraction of sp³-hybridized carbons (Fsp3) is 0.0476. The van der Waals surface area contributed by atoms with Crippen molar-refractivity contribution in [2.24, 2.45) is 0 Å². The lowest BCUT2D eigenvalue weighted by Crippen LogP contribution is -2.14. The maximum absolute atomic E-state index is 12.6. The summed E-state index contributed by atoms with van der Waals surface area (Å²) in [5.41, 5.74) is 0.639. The van der Waals surface area contributed by atoms with E-state index in [0.717, 1.165) is 0 Å². The molecule has 0 aliphatic carbocycles. The Kier molecular flexibility index (Phi) is 4.77. The molecule has 0 bridgehead atoms. The van der Waals surface area contributed by atoms with Gasteiger partial charge in [-0.15, -0.1) is 0 Å². The van der Waals surface area contributed by atoms with Gasteiger partial charge in [0, 0.05) is 22.7 Å². The highest BCUT2D eigenvalue weighted by molar-refractivity contribution is 7.90. The zero-order chi connectivity index (χ0) is 20.4. The number of amides is 1. The summed E-state index contributed by atoms with van der Waals surface area (Å²) in [4.78, 5) is 24.1. The Bertz CT molecular complexity index is 1350. The van der Waals surface area contributed by atoms with Gasteiger partial charge in [0.15, 0.2) is 15.6 Å². The third-order valence-corrected chi connectivity index (χ3v) is 5.96. The van der Waals surface area contributed by atoms with E-state index < -0.39 is 21.4 Å². The Balaban J connectivity index is 1.57. The van der Waals surface area contributed by atoms with Gasteiger partial charge in [-0.05, 0) is 42.5 Å². The number of furan rings is 1. The zero-order valence-electron chi connectivity index (χ0n) is 15.0. The van der Waals surface area contributed by atoms with Crippen LogP contribution < -0.4 is 10.9 Å². The normalized spacial score (nSPS) is 11.4. The Morgan fingerprint density at radius 1 is 0.966 bits per heavy atom. The molecule has 4 rings (SSSR count). The van der Waals surface area contributed by atoms with Gasteiger partial charge in [-0.1, -0.05) is 18.2 Å².